The van der Waals surface area contributed by atoms with Gasteiger partial charge in [0, 0.05) is 180 Å². The molecule has 0 aliphatic carbocycles. The topological polar surface area (TPSA) is 648 Å². The summed E-state index contributed by atoms with van der Waals surface area (Å²) in [6.45, 7) is 8.38. The van der Waals surface area contributed by atoms with Crippen LogP contribution in [0, 0.1) is 0 Å². The van der Waals surface area contributed by atoms with Crippen LogP contribution in [-0.2, 0) is 125 Å². The lowest BCUT2D eigenvalue weighted by Crippen LogP contribution is -2.62. The third-order valence-corrected chi connectivity index (χ3v) is 26.7. The highest BCUT2D eigenvalue weighted by atomic mass is 32.2. The summed E-state index contributed by atoms with van der Waals surface area (Å²) in [7, 11) is 0. The third kappa shape index (κ3) is 44.3. The third-order valence-electron chi connectivity index (χ3n) is 24.5. The molecule has 786 valence electrons. The number of ether oxygens (including phenoxy) is 3. The first kappa shape index (κ1) is 117. The van der Waals surface area contributed by atoms with Gasteiger partial charge < -0.3 is 119 Å². The van der Waals surface area contributed by atoms with Gasteiger partial charge in [-0.1, -0.05) is 74.7 Å². The maximum absolute atomic E-state index is 15.7. The Hall–Kier alpha value is -10.8. The van der Waals surface area contributed by atoms with E-state index >= 15 is 19.2 Å². The number of carboxylic acid groups (broad SMARTS) is 4. The Morgan fingerprint density at radius 3 is 1.56 bits per heavy atom. The molecule has 48 heteroatoms. The first-order valence-corrected chi connectivity index (χ1v) is 50.9. The molecule has 4 saturated heterocycles. The largest absolute Gasteiger partial charge is 0.481 e. The zero-order valence-electron chi connectivity index (χ0n) is 80.9. The molecule has 2 aromatic carbocycles. The van der Waals surface area contributed by atoms with Gasteiger partial charge in [-0.25, -0.2) is 0 Å². The number of thioether (sulfide) groups is 2. The van der Waals surface area contributed by atoms with Crippen molar-refractivity contribution in [2.75, 3.05) is 189 Å². The summed E-state index contributed by atoms with van der Waals surface area (Å²) in [6, 6.07) is 0.146. The molecule has 0 spiro atoms. The molecule has 0 unspecified atom stereocenters. The highest BCUT2D eigenvalue weighted by Gasteiger charge is 2.46. The van der Waals surface area contributed by atoms with Crippen molar-refractivity contribution in [3.8, 4) is 0 Å². The number of nitrogens with two attached hydrogens (primary N) is 3. The highest BCUT2D eigenvalue weighted by Crippen LogP contribution is 2.29. The van der Waals surface area contributed by atoms with Gasteiger partial charge in [0.25, 0.3) is 0 Å². The minimum atomic E-state index is -1.84. The monoisotopic (exact) mass is 2020 g/mol. The lowest BCUT2D eigenvalue weighted by molar-refractivity contribution is -0.148. The zero-order valence-corrected chi connectivity index (χ0v) is 82.5. The van der Waals surface area contributed by atoms with E-state index in [1.807, 2.05) is 30.0 Å². The van der Waals surface area contributed by atoms with E-state index in [0.717, 1.165) is 36.6 Å². The number of nitrogens with zero attached hydrogens (tertiary/aromatic N) is 8. The van der Waals surface area contributed by atoms with Gasteiger partial charge >= 0.3 is 23.9 Å². The summed E-state index contributed by atoms with van der Waals surface area (Å²) >= 11 is 2.33. The van der Waals surface area contributed by atoms with Gasteiger partial charge in [0.05, 0.1) is 65.1 Å². The van der Waals surface area contributed by atoms with Crippen LogP contribution in [0.15, 0.2) is 48.5 Å². The number of aliphatic hydroxyl groups excluding tert-OH is 1. The second-order valence-electron chi connectivity index (χ2n) is 35.8. The van der Waals surface area contributed by atoms with Crippen molar-refractivity contribution in [2.45, 2.75) is 214 Å². The van der Waals surface area contributed by atoms with Crippen LogP contribution in [0.4, 0.5) is 0 Å². The van der Waals surface area contributed by atoms with Crippen molar-refractivity contribution in [3.63, 3.8) is 0 Å². The number of aliphatic hydroxyl groups is 1. The van der Waals surface area contributed by atoms with Crippen molar-refractivity contribution in [3.05, 3.63) is 70.8 Å². The van der Waals surface area contributed by atoms with Crippen LogP contribution in [0.1, 0.15) is 152 Å². The molecular formula is C93H146N20O26S2. The van der Waals surface area contributed by atoms with E-state index in [2.05, 4.69) is 52.8 Å². The molecule has 5 aliphatic heterocycles. The lowest BCUT2D eigenvalue weighted by atomic mass is 10.0. The van der Waals surface area contributed by atoms with Crippen molar-refractivity contribution < 1.29 is 126 Å². The average molecular weight is 2020 g/mol. The number of hydrogen-bond acceptors (Lipinski definition) is 30. The predicted molar refractivity (Wildman–Crippen MR) is 518 cm³/mol. The van der Waals surface area contributed by atoms with Crippen molar-refractivity contribution in [1.82, 2.24) is 87.1 Å². The van der Waals surface area contributed by atoms with Crippen LogP contribution >= 0.6 is 23.5 Å². The molecule has 7 rings (SSSR count). The fourth-order valence-corrected chi connectivity index (χ4v) is 18.8. The Morgan fingerprint density at radius 2 is 1.02 bits per heavy atom. The lowest BCUT2D eigenvalue weighted by Gasteiger charge is -2.37. The molecular weight excluding hydrogens is 1880 g/mol. The molecule has 10 atom stereocenters. The molecule has 20 N–H and O–H groups in total. The number of primary amides is 2. The van der Waals surface area contributed by atoms with Crippen LogP contribution in [0.5, 0.6) is 0 Å². The molecule has 46 nitrogen and oxygen atoms in total. The standard InChI is InChI=1S/C93H146N20O26S2/c1-3-4-17-67(99-78(118)24-23-77(117)98-27-14-43-138-45-47-139-46-44-137-42-13-26-97-76(116)20-9-6-10-25-94)86(129)104-72-61-141-59-66-49-64(53-106-38-40-111(41-39-106)79(119)54-107-30-32-108(55-81(122)123)34-36-110(57-83(126)127)37-35-109(33-31-107)56-82(124)125)48-65(50-66)58-140-60-71(89(132)101-69(85(96)128)52-80(120)121)103-88(131)70(51-63-15-7-5-8-16-63)102-87(130)68(21-22-75(95)115)100-91(134)84(62(2)114)105-90(133)73-18-11-28-112(73)93(136)74-19-12-29-113(74)92(72)135/h5,7-8,15-16,48-50,62,67-74,84,114H,3-4,6,9-14,17-47,51-61,94H2,1-2H3,(H2,95,115)(H2,96,128)(H,97,116)(H,98,117)(H,99,118)(H,100,134)(H,101,132)(H,102,130)(H,103,131)(H,104,129)(H,105,133)(H,120,121)(H,122,123)(H,124,125)(H,126,127)/t62-,67+,68+,69+,70+,71+,72+,73+,74+,84+/m1/s1. The molecule has 0 radical (unpaired) electrons. The maximum Gasteiger partial charge on any atom is 0.317 e. The van der Waals surface area contributed by atoms with E-state index in [1.54, 1.807) is 49.9 Å². The van der Waals surface area contributed by atoms with Crippen molar-refractivity contribution >= 4 is 130 Å². The second-order valence-corrected chi connectivity index (χ2v) is 37.9. The number of hydrogen-bond donors (Lipinski definition) is 17. The number of aliphatic carboxylic acids is 4. The smallest absolute Gasteiger partial charge is 0.317 e. The second kappa shape index (κ2) is 64.0. The van der Waals surface area contributed by atoms with Crippen molar-refractivity contribution in [2.24, 2.45) is 17.2 Å². The van der Waals surface area contributed by atoms with Crippen LogP contribution in [-0.4, -0.2) is 420 Å². The van der Waals surface area contributed by atoms with E-state index in [4.69, 9.17) is 31.4 Å². The van der Waals surface area contributed by atoms with Gasteiger partial charge in [0.1, 0.15) is 54.4 Å². The van der Waals surface area contributed by atoms with Gasteiger partial charge in [0.15, 0.2) is 0 Å². The number of rotatable bonds is 49. The number of carboxylic acids is 4. The first-order valence-electron chi connectivity index (χ1n) is 48.6. The minimum Gasteiger partial charge on any atom is -0.481 e. The quantitative estimate of drug-likeness (QED) is 0.0281. The van der Waals surface area contributed by atoms with Gasteiger partial charge in [-0.3, -0.25) is 111 Å². The van der Waals surface area contributed by atoms with Gasteiger partial charge in [-0.05, 0) is 99.9 Å². The molecule has 0 saturated carbocycles. The summed E-state index contributed by atoms with van der Waals surface area (Å²) in [4.78, 5) is 260. The summed E-state index contributed by atoms with van der Waals surface area (Å²) < 4.78 is 16.8. The van der Waals surface area contributed by atoms with E-state index in [0.29, 0.717) is 121 Å². The van der Waals surface area contributed by atoms with E-state index < -0.39 is 175 Å². The van der Waals surface area contributed by atoms with E-state index in [-0.39, 0.29) is 198 Å². The fraction of sp³-hybridized carbons (Fsp3) is 0.677. The van der Waals surface area contributed by atoms with Gasteiger partial charge in [0.2, 0.25) is 82.7 Å². The Balaban J connectivity index is 1.17. The number of piperazine rings is 1. The Kier molecular flexibility index (Phi) is 53.2. The summed E-state index contributed by atoms with van der Waals surface area (Å²) in [6.07, 6.45) is 1.52. The minimum absolute atomic E-state index is 0.00762. The predicted octanol–water partition coefficient (Wildman–Crippen LogP) is -3.94. The Morgan fingerprint density at radius 1 is 0.504 bits per heavy atom. The number of carbonyl (C=O) groups excluding carboxylic acids is 14. The van der Waals surface area contributed by atoms with Gasteiger partial charge in [-0.15, -0.1) is 0 Å². The molecule has 2 aromatic rings. The Bertz CT molecular complexity index is 4400. The van der Waals surface area contributed by atoms with E-state index in [1.165, 1.54) is 28.5 Å². The number of benzene rings is 2. The summed E-state index contributed by atoms with van der Waals surface area (Å²) in [5.74, 6) is -15.9. The summed E-state index contributed by atoms with van der Waals surface area (Å²) in [5.41, 5.74) is 19.2. The first-order chi connectivity index (χ1) is 67.6. The number of unbranched alkanes of at least 4 members (excludes halogenated alkanes) is 3. The molecule has 4 fully saturated rings. The Labute approximate surface area is 830 Å². The SMILES string of the molecule is CCCC[C@H](NC(=O)CCC(=O)NCCCOCCOCCOCCCNC(=O)CCCCCN)C(=O)N[C@H]1CSCc2cc(cc(CN3CCN(C(=O)CN4CCN(CC(=O)O)CCN(CC(=O)O)CCN(CC(=O)O)CC4)CC3)c2)CSC[C@@H](C(=O)N[C@@H](CC(=O)O)C(N)=O)NC(=O)[C@H](Cc2ccccc2)NC(=O)[C@H](CCC(N)=O)NC(=O)[C@H]([C@@H](C)O)NC(=O)[C@@H]2CCCN2C(=O)[C@@H]2CCCN2C1=O. The van der Waals surface area contributed by atoms with Crippen LogP contribution in [0.2, 0.25) is 0 Å². The molecule has 141 heavy (non-hydrogen) atoms. The highest BCUT2D eigenvalue weighted by molar-refractivity contribution is 7.98. The zero-order chi connectivity index (χ0) is 103. The number of fused-ring (bicyclic) bond motifs is 4. The van der Waals surface area contributed by atoms with Crippen LogP contribution in [0.3, 0.4) is 0 Å². The molecule has 5 heterocycles. The number of carbonyl (C=O) groups is 18. The molecule has 0 aromatic heterocycles. The summed E-state index contributed by atoms with van der Waals surface area (Å²) in [5, 5.41) is 74.5. The normalized spacial score (nSPS) is 21.2. The molecule has 5 aliphatic rings. The van der Waals surface area contributed by atoms with Crippen LogP contribution < -0.4 is 65.1 Å². The van der Waals surface area contributed by atoms with E-state index in [9.17, 15) is 92.7 Å². The number of nitrogens with one attached hydrogen (secondary N) is 9. The van der Waals surface area contributed by atoms with Crippen molar-refractivity contribution in [1.29, 1.82) is 0 Å². The number of amides is 14. The molecule has 2 bridgehead atoms. The maximum atomic E-state index is 15.7. The van der Waals surface area contributed by atoms with Crippen LogP contribution in [0.25, 0.3) is 0 Å². The average Bonchev–Trinajstić information content (AvgIpc) is 1.66. The van der Waals surface area contributed by atoms with Gasteiger partial charge in [-0.2, -0.15) is 23.5 Å². The molecule has 14 amide bonds. The fourth-order valence-electron chi connectivity index (χ4n) is 16.8.